The second-order valence-electron chi connectivity index (χ2n) is 5.79. The van der Waals surface area contributed by atoms with Gasteiger partial charge in [0.1, 0.15) is 0 Å². The highest BCUT2D eigenvalue weighted by Crippen LogP contribution is 2.14. The van der Waals surface area contributed by atoms with E-state index in [4.69, 9.17) is 4.74 Å². The molecule has 0 saturated carbocycles. The summed E-state index contributed by atoms with van der Waals surface area (Å²) in [5, 5.41) is 7.48. The van der Waals surface area contributed by atoms with Crippen molar-refractivity contribution in [3.05, 3.63) is 17.0 Å². The largest absolute Gasteiger partial charge is 0.372 e. The van der Waals surface area contributed by atoms with E-state index in [9.17, 15) is 4.79 Å². The maximum Gasteiger partial charge on any atom is 0.317 e. The molecule has 1 aliphatic rings. The molecule has 1 fully saturated rings. The van der Waals surface area contributed by atoms with Crippen LogP contribution in [-0.2, 0) is 17.8 Å². The van der Waals surface area contributed by atoms with Crippen molar-refractivity contribution < 1.29 is 9.53 Å². The third-order valence-corrected chi connectivity index (χ3v) is 3.95. The summed E-state index contributed by atoms with van der Waals surface area (Å²) in [6, 6.07) is -0.0277. The van der Waals surface area contributed by atoms with E-state index in [1.165, 1.54) is 0 Å². The second-order valence-corrected chi connectivity index (χ2v) is 5.79. The van der Waals surface area contributed by atoms with Crippen LogP contribution < -0.4 is 5.32 Å². The highest BCUT2D eigenvalue weighted by atomic mass is 16.5. The minimum atomic E-state index is -0.0277. The highest BCUT2D eigenvalue weighted by molar-refractivity contribution is 5.74. The summed E-state index contributed by atoms with van der Waals surface area (Å²) in [6.07, 6.45) is 0.177. The highest BCUT2D eigenvalue weighted by Gasteiger charge is 2.26. The van der Waals surface area contributed by atoms with Crippen LogP contribution in [-0.4, -0.2) is 46.0 Å². The zero-order chi connectivity index (χ0) is 15.6. The van der Waals surface area contributed by atoms with Gasteiger partial charge in [-0.2, -0.15) is 5.10 Å². The minimum Gasteiger partial charge on any atom is -0.372 e. The van der Waals surface area contributed by atoms with Crippen LogP contribution in [0.25, 0.3) is 0 Å². The molecule has 6 nitrogen and oxygen atoms in total. The Balaban J connectivity index is 1.96. The van der Waals surface area contributed by atoms with Gasteiger partial charge in [0.05, 0.1) is 17.9 Å². The van der Waals surface area contributed by atoms with Gasteiger partial charge < -0.3 is 15.0 Å². The molecule has 1 aromatic heterocycles. The van der Waals surface area contributed by atoms with E-state index in [0.717, 1.165) is 23.5 Å². The second kappa shape index (κ2) is 6.47. The van der Waals surface area contributed by atoms with Crippen molar-refractivity contribution in [2.45, 2.75) is 59.9 Å². The Morgan fingerprint density at radius 1 is 1.33 bits per heavy atom. The molecule has 6 heteroatoms. The summed E-state index contributed by atoms with van der Waals surface area (Å²) in [6.45, 7) is 12.7. The van der Waals surface area contributed by atoms with Crippen molar-refractivity contribution in [1.82, 2.24) is 20.0 Å². The molecule has 1 aromatic rings. The monoisotopic (exact) mass is 294 g/mol. The summed E-state index contributed by atoms with van der Waals surface area (Å²) < 4.78 is 7.62. The maximum atomic E-state index is 12.3. The van der Waals surface area contributed by atoms with E-state index in [0.29, 0.717) is 19.6 Å². The number of carbonyl (C=O) groups excluding carboxylic acids is 1. The van der Waals surface area contributed by atoms with Crippen LogP contribution in [0.3, 0.4) is 0 Å². The van der Waals surface area contributed by atoms with Crippen molar-refractivity contribution in [2.24, 2.45) is 0 Å². The normalized spacial score (nSPS) is 22.4. The number of aromatic nitrogens is 2. The lowest BCUT2D eigenvalue weighted by Gasteiger charge is -2.35. The SMILES string of the molecule is CCn1nc(C)c(CNC(=O)N2CC(C)OC(C)C2)c1C. The third kappa shape index (κ3) is 3.56. The third-order valence-electron chi connectivity index (χ3n) is 3.95. The first-order valence-electron chi connectivity index (χ1n) is 7.63. The number of carbonyl (C=O) groups is 1. The molecule has 21 heavy (non-hydrogen) atoms. The van der Waals surface area contributed by atoms with E-state index < -0.39 is 0 Å². The molecular weight excluding hydrogens is 268 g/mol. The molecule has 0 radical (unpaired) electrons. The van der Waals surface area contributed by atoms with Gasteiger partial charge in [0.25, 0.3) is 0 Å². The average Bonchev–Trinajstić information content (AvgIpc) is 2.69. The standard InChI is InChI=1S/C15H26N4O2/c1-6-19-13(5)14(12(4)17-19)7-16-15(20)18-8-10(2)21-11(3)9-18/h10-11H,6-9H2,1-5H3,(H,16,20). The minimum absolute atomic E-state index is 0.0277. The lowest BCUT2D eigenvalue weighted by Crippen LogP contribution is -2.51. The Morgan fingerprint density at radius 2 is 1.95 bits per heavy atom. The number of hydrogen-bond donors (Lipinski definition) is 1. The Bertz CT molecular complexity index is 502. The molecule has 2 rings (SSSR count). The number of hydrogen-bond acceptors (Lipinski definition) is 3. The summed E-state index contributed by atoms with van der Waals surface area (Å²) in [4.78, 5) is 14.1. The smallest absolute Gasteiger partial charge is 0.317 e. The molecule has 1 aliphatic heterocycles. The molecule has 0 aliphatic carbocycles. The number of amides is 2. The van der Waals surface area contributed by atoms with Crippen molar-refractivity contribution in [3.8, 4) is 0 Å². The molecule has 2 atom stereocenters. The van der Waals surface area contributed by atoms with Gasteiger partial charge in [0.2, 0.25) is 0 Å². The van der Waals surface area contributed by atoms with E-state index in [-0.39, 0.29) is 18.2 Å². The quantitative estimate of drug-likeness (QED) is 0.925. The number of ether oxygens (including phenoxy) is 1. The predicted octanol–water partition coefficient (Wildman–Crippen LogP) is 1.84. The van der Waals surface area contributed by atoms with Gasteiger partial charge in [-0.1, -0.05) is 0 Å². The first kappa shape index (κ1) is 15.8. The zero-order valence-electron chi connectivity index (χ0n) is 13.6. The molecule has 118 valence electrons. The first-order valence-corrected chi connectivity index (χ1v) is 7.63. The summed E-state index contributed by atoms with van der Waals surface area (Å²) in [5.41, 5.74) is 3.22. The lowest BCUT2D eigenvalue weighted by atomic mass is 10.2. The molecule has 1 saturated heterocycles. The van der Waals surface area contributed by atoms with Gasteiger partial charge in [-0.3, -0.25) is 4.68 Å². The van der Waals surface area contributed by atoms with Crippen LogP contribution in [0.4, 0.5) is 4.79 Å². The fraction of sp³-hybridized carbons (Fsp3) is 0.733. The van der Waals surface area contributed by atoms with Gasteiger partial charge in [-0.05, 0) is 34.6 Å². The van der Waals surface area contributed by atoms with Crippen molar-refractivity contribution >= 4 is 6.03 Å². The molecule has 0 bridgehead atoms. The Kier molecular flexibility index (Phi) is 4.88. The maximum absolute atomic E-state index is 12.3. The number of nitrogens with zero attached hydrogens (tertiary/aromatic N) is 3. The first-order chi connectivity index (χ1) is 9.92. The van der Waals surface area contributed by atoms with Crippen molar-refractivity contribution in [2.75, 3.05) is 13.1 Å². The van der Waals surface area contributed by atoms with Crippen LogP contribution in [0.2, 0.25) is 0 Å². The summed E-state index contributed by atoms with van der Waals surface area (Å²) in [7, 11) is 0. The fourth-order valence-electron chi connectivity index (χ4n) is 2.92. The molecule has 2 heterocycles. The van der Waals surface area contributed by atoms with E-state index in [1.54, 1.807) is 0 Å². The predicted molar refractivity (Wildman–Crippen MR) is 81.2 cm³/mol. The van der Waals surface area contributed by atoms with E-state index in [1.807, 2.05) is 37.3 Å². The average molecular weight is 294 g/mol. The summed E-state index contributed by atoms with van der Waals surface area (Å²) >= 11 is 0. The van der Waals surface area contributed by atoms with Gasteiger partial charge in [-0.15, -0.1) is 0 Å². The van der Waals surface area contributed by atoms with Crippen LogP contribution >= 0.6 is 0 Å². The number of urea groups is 1. The van der Waals surface area contributed by atoms with Gasteiger partial charge in [-0.25, -0.2) is 4.79 Å². The molecule has 0 aromatic carbocycles. The molecule has 2 unspecified atom stereocenters. The number of rotatable bonds is 3. The molecule has 2 amide bonds. The molecular formula is C15H26N4O2. The number of morpholine rings is 1. The Hall–Kier alpha value is -1.56. The molecule has 0 spiro atoms. The van der Waals surface area contributed by atoms with Crippen LogP contribution in [0.5, 0.6) is 0 Å². The number of aryl methyl sites for hydroxylation is 2. The van der Waals surface area contributed by atoms with Crippen LogP contribution in [0, 0.1) is 13.8 Å². The topological polar surface area (TPSA) is 59.4 Å². The number of nitrogens with one attached hydrogen (secondary N) is 1. The van der Waals surface area contributed by atoms with Crippen LogP contribution in [0.1, 0.15) is 37.7 Å². The van der Waals surface area contributed by atoms with Crippen LogP contribution in [0.15, 0.2) is 0 Å². The zero-order valence-corrected chi connectivity index (χ0v) is 13.6. The summed E-state index contributed by atoms with van der Waals surface area (Å²) in [5.74, 6) is 0. The van der Waals surface area contributed by atoms with E-state index >= 15 is 0 Å². The van der Waals surface area contributed by atoms with Gasteiger partial charge in [0, 0.05) is 37.4 Å². The van der Waals surface area contributed by atoms with Crippen molar-refractivity contribution in [1.29, 1.82) is 0 Å². The Labute approximate surface area is 126 Å². The van der Waals surface area contributed by atoms with Gasteiger partial charge in [0.15, 0.2) is 0 Å². The lowest BCUT2D eigenvalue weighted by molar-refractivity contribution is -0.0545. The van der Waals surface area contributed by atoms with E-state index in [2.05, 4.69) is 17.3 Å². The van der Waals surface area contributed by atoms with Gasteiger partial charge >= 0.3 is 6.03 Å². The fourth-order valence-corrected chi connectivity index (χ4v) is 2.92. The molecule has 1 N–H and O–H groups in total. The van der Waals surface area contributed by atoms with Crippen molar-refractivity contribution in [3.63, 3.8) is 0 Å². The Morgan fingerprint density at radius 3 is 2.48 bits per heavy atom.